The summed E-state index contributed by atoms with van der Waals surface area (Å²) in [5, 5.41) is 4.01. The molecule has 110 valence electrons. The smallest absolute Gasteiger partial charge is 0.271 e. The topological polar surface area (TPSA) is 114 Å². The van der Waals surface area contributed by atoms with Crippen LogP contribution in [0.4, 0.5) is 0 Å². The van der Waals surface area contributed by atoms with Crippen LogP contribution in [0, 0.1) is 0 Å². The molecule has 0 fully saturated rings. The fourth-order valence-electron chi connectivity index (χ4n) is 1.55. The Bertz CT molecular complexity index is 759. The Morgan fingerprint density at radius 3 is 2.71 bits per heavy atom. The molecule has 2 rings (SSSR count). The van der Waals surface area contributed by atoms with Crippen LogP contribution >= 0.6 is 0 Å². The van der Waals surface area contributed by atoms with Gasteiger partial charge in [-0.05, 0) is 11.2 Å². The second kappa shape index (κ2) is 6.02. The van der Waals surface area contributed by atoms with Crippen LogP contribution in [0.25, 0.3) is 11.4 Å². The summed E-state index contributed by atoms with van der Waals surface area (Å²) in [6, 6.07) is 3.17. The summed E-state index contributed by atoms with van der Waals surface area (Å²) in [7, 11) is -4.02. The van der Waals surface area contributed by atoms with E-state index in [0.29, 0.717) is 17.1 Å². The van der Waals surface area contributed by atoms with E-state index < -0.39 is 15.9 Å². The molecule has 0 saturated heterocycles. The monoisotopic (exact) mass is 309 g/mol. The van der Waals surface area contributed by atoms with Crippen molar-refractivity contribution in [1.29, 1.82) is 0 Å². The number of hydrogen-bond donors (Lipinski definition) is 1. The Hall–Kier alpha value is -2.26. The molecule has 0 unspecified atom stereocenters. The lowest BCUT2D eigenvalue weighted by molar-refractivity contribution is -0.750. The average molecular weight is 309 g/mol. The molecule has 2 aromatic heterocycles. The number of hydrogen-bond acceptors (Lipinski definition) is 6. The average Bonchev–Trinajstić information content (AvgIpc) is 2.45. The molecule has 9 heteroatoms. The number of aromatic nitrogens is 4. The minimum absolute atomic E-state index is 0.0352. The van der Waals surface area contributed by atoms with Gasteiger partial charge in [0.1, 0.15) is 17.6 Å². The first-order chi connectivity index (χ1) is 9.85. The lowest BCUT2D eigenvalue weighted by Gasteiger charge is -2.00. The van der Waals surface area contributed by atoms with E-state index in [1.165, 1.54) is 30.1 Å². The molecule has 0 aliphatic heterocycles. The molecule has 1 N–H and O–H groups in total. The third-order valence-corrected chi connectivity index (χ3v) is 3.32. The van der Waals surface area contributed by atoms with Gasteiger partial charge < -0.3 is 0 Å². The third-order valence-electron chi connectivity index (χ3n) is 2.62. The highest BCUT2D eigenvalue weighted by Gasteiger charge is 2.12. The molecule has 0 bridgehead atoms. The van der Waals surface area contributed by atoms with Crippen LogP contribution in [-0.2, 0) is 16.7 Å². The van der Waals surface area contributed by atoms with E-state index in [0.717, 1.165) is 0 Å². The number of carbonyl (C=O) groups is 1. The largest absolute Gasteiger partial charge is 0.293 e. The highest BCUT2D eigenvalue weighted by Crippen LogP contribution is 2.11. The minimum atomic E-state index is -4.02. The van der Waals surface area contributed by atoms with Crippen molar-refractivity contribution in [2.45, 2.75) is 13.5 Å². The van der Waals surface area contributed by atoms with Gasteiger partial charge in [-0.2, -0.15) is 8.42 Å². The highest BCUT2D eigenvalue weighted by atomic mass is 32.2. The summed E-state index contributed by atoms with van der Waals surface area (Å²) in [6.07, 6.45) is 4.49. The molecule has 0 radical (unpaired) electrons. The first kappa shape index (κ1) is 15.1. The summed E-state index contributed by atoms with van der Waals surface area (Å²) < 4.78 is 31.4. The maximum atomic E-state index is 11.3. The van der Waals surface area contributed by atoms with E-state index in [4.69, 9.17) is 4.55 Å². The zero-order valence-electron chi connectivity index (χ0n) is 11.2. The predicted octanol–water partition coefficient (Wildman–Crippen LogP) is -0.0835. The summed E-state index contributed by atoms with van der Waals surface area (Å²) in [6.45, 7) is 1.45. The van der Waals surface area contributed by atoms with Gasteiger partial charge in [-0.25, -0.2) is 9.97 Å². The number of nitrogens with zero attached hydrogens (tertiary/aromatic N) is 4. The second-order valence-electron chi connectivity index (χ2n) is 4.29. The molecule has 0 saturated carbocycles. The van der Waals surface area contributed by atoms with Gasteiger partial charge in [0.05, 0.1) is 0 Å². The minimum Gasteiger partial charge on any atom is -0.293 e. The van der Waals surface area contributed by atoms with Gasteiger partial charge in [0.2, 0.25) is 0 Å². The Kier molecular flexibility index (Phi) is 4.34. The molecular formula is C12H13N4O4S+. The Morgan fingerprint density at radius 1 is 1.38 bits per heavy atom. The molecule has 2 aromatic rings. The van der Waals surface area contributed by atoms with Gasteiger partial charge >= 0.3 is 0 Å². The molecule has 2 heterocycles. The van der Waals surface area contributed by atoms with Gasteiger partial charge in [-0.3, -0.25) is 9.35 Å². The standard InChI is InChI=1S/C12H12N4O4S/c1-9(17)11-2-4-13-12(15-11)10-3-5-16(14-8-10)6-7-21(18,19)20/h2-5,8H,6-7H2,1H3/p+1. The van der Waals surface area contributed by atoms with Gasteiger partial charge in [-0.1, -0.05) is 4.68 Å². The number of carbonyl (C=O) groups excluding carboxylic acids is 1. The lowest BCUT2D eigenvalue weighted by atomic mass is 10.2. The van der Waals surface area contributed by atoms with Crippen molar-refractivity contribution in [2.24, 2.45) is 0 Å². The zero-order valence-corrected chi connectivity index (χ0v) is 12.0. The molecule has 0 aromatic carbocycles. The summed E-state index contributed by atoms with van der Waals surface area (Å²) >= 11 is 0. The Labute approximate surface area is 121 Å². The molecule has 0 spiro atoms. The fourth-order valence-corrected chi connectivity index (χ4v) is 1.97. The molecule has 0 amide bonds. The van der Waals surface area contributed by atoms with E-state index in [1.807, 2.05) is 0 Å². The summed E-state index contributed by atoms with van der Waals surface area (Å²) in [4.78, 5) is 19.4. The van der Waals surface area contributed by atoms with E-state index in [1.54, 1.807) is 12.3 Å². The van der Waals surface area contributed by atoms with E-state index in [2.05, 4.69) is 15.1 Å². The van der Waals surface area contributed by atoms with Crippen molar-refractivity contribution in [3.63, 3.8) is 0 Å². The van der Waals surface area contributed by atoms with Crippen LogP contribution in [0.15, 0.2) is 30.7 Å². The molecule has 0 aliphatic carbocycles. The number of aryl methyl sites for hydroxylation is 1. The van der Waals surface area contributed by atoms with Crippen molar-refractivity contribution >= 4 is 15.9 Å². The van der Waals surface area contributed by atoms with E-state index >= 15 is 0 Å². The van der Waals surface area contributed by atoms with Crippen molar-refractivity contribution in [2.75, 3.05) is 5.75 Å². The van der Waals surface area contributed by atoms with Crippen molar-refractivity contribution in [3.05, 3.63) is 36.4 Å². The fraction of sp³-hybridized carbons (Fsp3) is 0.250. The third kappa shape index (κ3) is 4.36. The van der Waals surface area contributed by atoms with Crippen molar-refractivity contribution in [3.8, 4) is 11.4 Å². The SMILES string of the molecule is CC(=O)c1ccnc(-c2cc[n+](CCS(=O)(=O)O)nc2)n1. The maximum Gasteiger partial charge on any atom is 0.271 e. The first-order valence-electron chi connectivity index (χ1n) is 6.00. The van der Waals surface area contributed by atoms with Gasteiger partial charge in [0, 0.05) is 24.8 Å². The van der Waals surface area contributed by atoms with Gasteiger partial charge in [0.15, 0.2) is 24.3 Å². The van der Waals surface area contributed by atoms with Crippen LogP contribution in [-0.4, -0.2) is 39.6 Å². The number of rotatable bonds is 5. The van der Waals surface area contributed by atoms with Crippen LogP contribution in [0.5, 0.6) is 0 Å². The lowest BCUT2D eigenvalue weighted by Crippen LogP contribution is -2.40. The normalized spacial score (nSPS) is 11.3. The number of Topliss-reactive ketones (excluding diaryl/α,β-unsaturated/α-hetero) is 1. The molecule has 21 heavy (non-hydrogen) atoms. The van der Waals surface area contributed by atoms with E-state index in [9.17, 15) is 13.2 Å². The summed E-state index contributed by atoms with van der Waals surface area (Å²) in [5.74, 6) is -0.219. The van der Waals surface area contributed by atoms with Crippen LogP contribution < -0.4 is 4.68 Å². The Morgan fingerprint density at radius 2 is 2.14 bits per heavy atom. The van der Waals surface area contributed by atoms with E-state index in [-0.39, 0.29) is 12.3 Å². The Balaban J connectivity index is 2.19. The van der Waals surface area contributed by atoms with Crippen molar-refractivity contribution in [1.82, 2.24) is 15.1 Å². The second-order valence-corrected chi connectivity index (χ2v) is 5.86. The van der Waals surface area contributed by atoms with Crippen molar-refractivity contribution < 1.29 is 22.4 Å². The van der Waals surface area contributed by atoms with Crippen LogP contribution in [0.3, 0.4) is 0 Å². The molecule has 0 atom stereocenters. The zero-order chi connectivity index (χ0) is 15.5. The highest BCUT2D eigenvalue weighted by molar-refractivity contribution is 7.85. The van der Waals surface area contributed by atoms with Gasteiger partial charge in [0.25, 0.3) is 10.1 Å². The van der Waals surface area contributed by atoms with Gasteiger partial charge in [-0.15, -0.1) is 0 Å². The quantitative estimate of drug-likeness (QED) is 0.466. The maximum absolute atomic E-state index is 11.3. The predicted molar refractivity (Wildman–Crippen MR) is 71.9 cm³/mol. The van der Waals surface area contributed by atoms with Crippen LogP contribution in [0.2, 0.25) is 0 Å². The van der Waals surface area contributed by atoms with Crippen LogP contribution in [0.1, 0.15) is 17.4 Å². The molecule has 0 aliphatic rings. The molecular weight excluding hydrogens is 296 g/mol. The number of ketones is 1. The summed E-state index contributed by atoms with van der Waals surface area (Å²) in [5.41, 5.74) is 0.907. The molecule has 8 nitrogen and oxygen atoms in total. The first-order valence-corrected chi connectivity index (χ1v) is 7.61.